The van der Waals surface area contributed by atoms with Gasteiger partial charge in [-0.3, -0.25) is 9.59 Å². The van der Waals surface area contributed by atoms with E-state index in [4.69, 9.17) is 4.74 Å². The van der Waals surface area contributed by atoms with Gasteiger partial charge in [-0.15, -0.1) is 0 Å². The van der Waals surface area contributed by atoms with Gasteiger partial charge in [-0.2, -0.15) is 0 Å². The fourth-order valence-electron chi connectivity index (χ4n) is 3.11. The number of imide groups is 1. The Kier molecular flexibility index (Phi) is 4.74. The summed E-state index contributed by atoms with van der Waals surface area (Å²) in [6, 6.07) is 12.6. The summed E-state index contributed by atoms with van der Waals surface area (Å²) >= 11 is 0. The van der Waals surface area contributed by atoms with E-state index in [-0.39, 0.29) is 18.2 Å². The Labute approximate surface area is 147 Å². The first kappa shape index (κ1) is 17.0. The van der Waals surface area contributed by atoms with E-state index in [1.807, 2.05) is 63.2 Å². The van der Waals surface area contributed by atoms with Crippen LogP contribution in [0.5, 0.6) is 5.75 Å². The highest BCUT2D eigenvalue weighted by Gasteiger charge is 2.40. The van der Waals surface area contributed by atoms with Crippen LogP contribution in [0.2, 0.25) is 0 Å². The highest BCUT2D eigenvalue weighted by molar-refractivity contribution is 6.23. The van der Waals surface area contributed by atoms with Gasteiger partial charge in [0.25, 0.3) is 5.91 Å². The van der Waals surface area contributed by atoms with Gasteiger partial charge >= 0.3 is 0 Å². The van der Waals surface area contributed by atoms with Crippen molar-refractivity contribution in [2.24, 2.45) is 0 Å². The first-order valence-electron chi connectivity index (χ1n) is 8.43. The molecule has 0 unspecified atom stereocenters. The van der Waals surface area contributed by atoms with Gasteiger partial charge in [0.1, 0.15) is 11.8 Å². The van der Waals surface area contributed by atoms with Crippen LogP contribution in [-0.2, 0) is 9.59 Å². The zero-order chi connectivity index (χ0) is 18.0. The number of anilines is 2. The van der Waals surface area contributed by atoms with E-state index in [9.17, 15) is 9.59 Å². The standard InChI is InChI=1S/C20H22N2O3/c1-4-25-18-8-6-5-7-15(18)21-16-12-19(23)22(20(16)24)17-10-9-13(2)11-14(17)3/h5-11,16,21H,4,12H2,1-3H3/t16-/m1/s1. The molecule has 0 aromatic heterocycles. The summed E-state index contributed by atoms with van der Waals surface area (Å²) in [4.78, 5) is 26.6. The highest BCUT2D eigenvalue weighted by Crippen LogP contribution is 2.30. The minimum Gasteiger partial charge on any atom is -0.492 e. The number of carbonyl (C=O) groups excluding carboxylic acids is 2. The quantitative estimate of drug-likeness (QED) is 0.849. The zero-order valence-electron chi connectivity index (χ0n) is 14.7. The molecule has 0 spiro atoms. The maximum atomic E-state index is 12.8. The van der Waals surface area contributed by atoms with Gasteiger partial charge < -0.3 is 10.1 Å². The van der Waals surface area contributed by atoms with E-state index in [1.54, 1.807) is 0 Å². The van der Waals surface area contributed by atoms with Gasteiger partial charge in [-0.25, -0.2) is 4.90 Å². The number of hydrogen-bond acceptors (Lipinski definition) is 4. The van der Waals surface area contributed by atoms with Crippen molar-refractivity contribution in [2.75, 3.05) is 16.8 Å². The Morgan fingerprint density at radius 2 is 1.92 bits per heavy atom. The third kappa shape index (κ3) is 3.36. The van der Waals surface area contributed by atoms with Gasteiger partial charge in [-0.05, 0) is 44.5 Å². The van der Waals surface area contributed by atoms with E-state index in [0.29, 0.717) is 18.0 Å². The summed E-state index contributed by atoms with van der Waals surface area (Å²) in [7, 11) is 0. The molecule has 1 aliphatic rings. The molecule has 1 N–H and O–H groups in total. The Morgan fingerprint density at radius 3 is 2.64 bits per heavy atom. The van der Waals surface area contributed by atoms with Crippen LogP contribution in [0.4, 0.5) is 11.4 Å². The van der Waals surface area contributed by atoms with E-state index in [0.717, 1.165) is 16.8 Å². The third-order valence-corrected chi connectivity index (χ3v) is 4.26. The first-order chi connectivity index (χ1) is 12.0. The SMILES string of the molecule is CCOc1ccccc1N[C@@H]1CC(=O)N(c2ccc(C)cc2C)C1=O. The maximum absolute atomic E-state index is 12.8. The molecule has 2 aromatic rings. The van der Waals surface area contributed by atoms with Crippen molar-refractivity contribution in [3.8, 4) is 5.75 Å². The fourth-order valence-corrected chi connectivity index (χ4v) is 3.11. The number of benzene rings is 2. The van der Waals surface area contributed by atoms with Gasteiger partial charge in [0.05, 0.1) is 24.4 Å². The molecule has 2 amide bonds. The molecule has 0 aliphatic carbocycles. The highest BCUT2D eigenvalue weighted by atomic mass is 16.5. The number of para-hydroxylation sites is 2. The van der Waals surface area contributed by atoms with E-state index in [2.05, 4.69) is 5.32 Å². The molecule has 25 heavy (non-hydrogen) atoms. The smallest absolute Gasteiger partial charge is 0.256 e. The molecule has 1 heterocycles. The lowest BCUT2D eigenvalue weighted by Gasteiger charge is -2.19. The van der Waals surface area contributed by atoms with Crippen molar-refractivity contribution in [1.29, 1.82) is 0 Å². The number of amides is 2. The lowest BCUT2D eigenvalue weighted by molar-refractivity contribution is -0.121. The summed E-state index contributed by atoms with van der Waals surface area (Å²) in [6.45, 7) is 6.33. The van der Waals surface area contributed by atoms with E-state index in [1.165, 1.54) is 4.90 Å². The van der Waals surface area contributed by atoms with E-state index < -0.39 is 6.04 Å². The van der Waals surface area contributed by atoms with Gasteiger partial charge in [-0.1, -0.05) is 29.8 Å². The summed E-state index contributed by atoms with van der Waals surface area (Å²) in [6.07, 6.45) is 0.132. The third-order valence-electron chi connectivity index (χ3n) is 4.26. The number of carbonyl (C=O) groups is 2. The molecule has 0 saturated carbocycles. The van der Waals surface area contributed by atoms with Gasteiger partial charge in [0.2, 0.25) is 5.91 Å². The van der Waals surface area contributed by atoms with Crippen molar-refractivity contribution < 1.29 is 14.3 Å². The second-order valence-electron chi connectivity index (χ2n) is 6.19. The van der Waals surface area contributed by atoms with Crippen LogP contribution >= 0.6 is 0 Å². The molecule has 130 valence electrons. The van der Waals surface area contributed by atoms with Crippen molar-refractivity contribution in [3.05, 3.63) is 53.6 Å². The summed E-state index contributed by atoms with van der Waals surface area (Å²) in [5, 5.41) is 3.17. The molecule has 5 heteroatoms. The van der Waals surface area contributed by atoms with Crippen LogP contribution in [0.15, 0.2) is 42.5 Å². The number of nitrogens with one attached hydrogen (secondary N) is 1. The summed E-state index contributed by atoms with van der Waals surface area (Å²) in [5.74, 6) is 0.252. The van der Waals surface area contributed by atoms with Crippen LogP contribution in [0, 0.1) is 13.8 Å². The average Bonchev–Trinajstić information content (AvgIpc) is 2.84. The topological polar surface area (TPSA) is 58.6 Å². The second kappa shape index (κ2) is 6.97. The predicted octanol–water partition coefficient (Wildman–Crippen LogP) is 3.45. The number of nitrogens with zero attached hydrogens (tertiary/aromatic N) is 1. The lowest BCUT2D eigenvalue weighted by atomic mass is 10.1. The number of rotatable bonds is 5. The Hall–Kier alpha value is -2.82. The van der Waals surface area contributed by atoms with Crippen molar-refractivity contribution in [1.82, 2.24) is 0 Å². The average molecular weight is 338 g/mol. The second-order valence-corrected chi connectivity index (χ2v) is 6.19. The van der Waals surface area contributed by atoms with E-state index >= 15 is 0 Å². The number of hydrogen-bond donors (Lipinski definition) is 1. The molecule has 3 rings (SSSR count). The Balaban J connectivity index is 1.84. The molecule has 1 aliphatic heterocycles. The molecule has 0 radical (unpaired) electrons. The molecule has 5 nitrogen and oxygen atoms in total. The van der Waals surface area contributed by atoms with Crippen molar-refractivity contribution in [3.63, 3.8) is 0 Å². The summed E-state index contributed by atoms with van der Waals surface area (Å²) in [5.41, 5.74) is 3.39. The predicted molar refractivity (Wildman–Crippen MR) is 98.0 cm³/mol. The zero-order valence-corrected chi connectivity index (χ0v) is 14.7. The summed E-state index contributed by atoms with van der Waals surface area (Å²) < 4.78 is 5.58. The Morgan fingerprint density at radius 1 is 1.16 bits per heavy atom. The minimum atomic E-state index is -0.588. The molecular formula is C20H22N2O3. The van der Waals surface area contributed by atoms with Crippen LogP contribution < -0.4 is 15.0 Å². The normalized spacial score (nSPS) is 17.1. The van der Waals surface area contributed by atoms with Crippen molar-refractivity contribution >= 4 is 23.2 Å². The van der Waals surface area contributed by atoms with Crippen LogP contribution in [0.1, 0.15) is 24.5 Å². The monoisotopic (exact) mass is 338 g/mol. The van der Waals surface area contributed by atoms with Crippen molar-refractivity contribution in [2.45, 2.75) is 33.2 Å². The lowest BCUT2D eigenvalue weighted by Crippen LogP contribution is -2.35. The van der Waals surface area contributed by atoms with Gasteiger partial charge in [0.15, 0.2) is 0 Å². The molecule has 2 aromatic carbocycles. The Bertz CT molecular complexity index is 816. The maximum Gasteiger partial charge on any atom is 0.256 e. The molecule has 1 fully saturated rings. The van der Waals surface area contributed by atoms with Crippen LogP contribution in [0.3, 0.4) is 0 Å². The molecule has 1 atom stereocenters. The largest absolute Gasteiger partial charge is 0.492 e. The number of aryl methyl sites for hydroxylation is 2. The first-order valence-corrected chi connectivity index (χ1v) is 8.43. The number of ether oxygens (including phenoxy) is 1. The fraction of sp³-hybridized carbons (Fsp3) is 0.300. The van der Waals surface area contributed by atoms with Crippen LogP contribution in [-0.4, -0.2) is 24.5 Å². The van der Waals surface area contributed by atoms with Crippen LogP contribution in [0.25, 0.3) is 0 Å². The molecule has 0 bridgehead atoms. The molecular weight excluding hydrogens is 316 g/mol. The van der Waals surface area contributed by atoms with Gasteiger partial charge in [0, 0.05) is 0 Å². The molecule has 1 saturated heterocycles. The minimum absolute atomic E-state index is 0.132.